The number of carbonyl (C=O) groups is 3. The Morgan fingerprint density at radius 2 is 2.14 bits per heavy atom. The predicted molar refractivity (Wildman–Crippen MR) is 110 cm³/mol. The fourth-order valence-electron chi connectivity index (χ4n) is 3.11. The highest BCUT2D eigenvalue weighted by molar-refractivity contribution is 7.99. The molecule has 2 rings (SSSR count). The molecular formula is C20H27ClN2O4S. The number of carbonyl (C=O) groups excluding carboxylic acids is 3. The number of rotatable bonds is 7. The van der Waals surface area contributed by atoms with Gasteiger partial charge < -0.3 is 15.0 Å². The number of halogens is 1. The lowest BCUT2D eigenvalue weighted by atomic mass is 9.97. The van der Waals surface area contributed by atoms with Crippen molar-refractivity contribution in [3.63, 3.8) is 0 Å². The molecule has 28 heavy (non-hydrogen) atoms. The van der Waals surface area contributed by atoms with Crippen molar-refractivity contribution in [3.8, 4) is 0 Å². The molecule has 1 fully saturated rings. The molecule has 0 radical (unpaired) electrons. The van der Waals surface area contributed by atoms with E-state index in [1.165, 1.54) is 18.7 Å². The summed E-state index contributed by atoms with van der Waals surface area (Å²) in [7, 11) is 0. The van der Waals surface area contributed by atoms with E-state index in [1.807, 2.05) is 25.1 Å². The molecule has 1 aromatic rings. The van der Waals surface area contributed by atoms with Crippen molar-refractivity contribution in [1.82, 2.24) is 10.2 Å². The molecule has 0 bridgehead atoms. The van der Waals surface area contributed by atoms with Gasteiger partial charge in [-0.25, -0.2) is 0 Å². The molecule has 8 heteroatoms. The van der Waals surface area contributed by atoms with E-state index >= 15 is 0 Å². The number of ether oxygens (including phenoxy) is 1. The number of likely N-dealkylation sites (tertiary alicyclic amines) is 1. The molecule has 154 valence electrons. The van der Waals surface area contributed by atoms with Crippen LogP contribution in [0.5, 0.6) is 0 Å². The molecule has 1 aliphatic rings. The lowest BCUT2D eigenvalue weighted by Crippen LogP contribution is -2.52. The lowest BCUT2D eigenvalue weighted by molar-refractivity contribution is -0.151. The highest BCUT2D eigenvalue weighted by Gasteiger charge is 2.32. The molecule has 1 saturated heterocycles. The Kier molecular flexibility index (Phi) is 8.63. The first-order chi connectivity index (χ1) is 13.3. The minimum Gasteiger partial charge on any atom is -0.466 e. The molecule has 2 atom stereocenters. The van der Waals surface area contributed by atoms with Crippen LogP contribution in [0.2, 0.25) is 5.02 Å². The zero-order chi connectivity index (χ0) is 20.7. The monoisotopic (exact) mass is 426 g/mol. The molecule has 6 nitrogen and oxygen atoms in total. The number of nitrogens with one attached hydrogen (secondary N) is 1. The summed E-state index contributed by atoms with van der Waals surface area (Å²) < 4.78 is 5.10. The number of esters is 1. The first-order valence-electron chi connectivity index (χ1n) is 9.43. The molecule has 1 aromatic carbocycles. The second kappa shape index (κ2) is 10.7. The number of hydrogen-bond donors (Lipinski definition) is 1. The van der Waals surface area contributed by atoms with E-state index in [4.69, 9.17) is 16.3 Å². The average molecular weight is 427 g/mol. The van der Waals surface area contributed by atoms with E-state index in [9.17, 15) is 14.4 Å². The average Bonchev–Trinajstić information content (AvgIpc) is 2.67. The first-order valence-corrected chi connectivity index (χ1v) is 10.8. The van der Waals surface area contributed by atoms with Crippen LogP contribution in [0.1, 0.15) is 32.3 Å². The third-order valence-corrected chi connectivity index (χ3v) is 6.08. The van der Waals surface area contributed by atoms with Gasteiger partial charge in [0, 0.05) is 35.7 Å². The summed E-state index contributed by atoms with van der Waals surface area (Å²) in [5, 5.41) is 3.41. The number of hydrogen-bond acceptors (Lipinski definition) is 5. The minimum absolute atomic E-state index is 0.171. The lowest BCUT2D eigenvalue weighted by Gasteiger charge is -2.34. The molecular weight excluding hydrogens is 400 g/mol. The van der Waals surface area contributed by atoms with E-state index in [0.717, 1.165) is 16.9 Å². The number of nitrogens with zero attached hydrogens (tertiary/aromatic N) is 1. The van der Waals surface area contributed by atoms with Crippen LogP contribution in [-0.4, -0.2) is 54.2 Å². The van der Waals surface area contributed by atoms with E-state index in [-0.39, 0.29) is 23.7 Å². The topological polar surface area (TPSA) is 75.7 Å². The molecule has 0 aliphatic carbocycles. The summed E-state index contributed by atoms with van der Waals surface area (Å²) in [6.07, 6.45) is 1.45. The second-order valence-electron chi connectivity index (χ2n) is 6.85. The standard InChI is InChI=1S/C20H27ClN2O4S/c1-4-27-20(26)15-6-5-9-23(11-15)19(25)18(22-14(3)24)12-28-16-8-7-13(2)17(21)10-16/h7-8,10,15,18H,4-6,9,11-12H2,1-3H3,(H,22,24). The zero-order valence-corrected chi connectivity index (χ0v) is 18.1. The molecule has 2 amide bonds. The van der Waals surface area contributed by atoms with Crippen molar-refractivity contribution in [2.45, 2.75) is 44.6 Å². The zero-order valence-electron chi connectivity index (χ0n) is 16.5. The van der Waals surface area contributed by atoms with Crippen LogP contribution in [-0.2, 0) is 19.1 Å². The van der Waals surface area contributed by atoms with Gasteiger partial charge in [-0.05, 0) is 44.4 Å². The van der Waals surface area contributed by atoms with Gasteiger partial charge in [-0.3, -0.25) is 14.4 Å². The van der Waals surface area contributed by atoms with E-state index in [0.29, 0.717) is 36.9 Å². The van der Waals surface area contributed by atoms with Crippen LogP contribution in [0.25, 0.3) is 0 Å². The molecule has 0 saturated carbocycles. The third-order valence-electron chi connectivity index (χ3n) is 4.59. The van der Waals surface area contributed by atoms with Crippen LogP contribution in [0.15, 0.2) is 23.1 Å². The maximum Gasteiger partial charge on any atom is 0.310 e. The Morgan fingerprint density at radius 3 is 2.79 bits per heavy atom. The fourth-order valence-corrected chi connectivity index (χ4v) is 4.31. The summed E-state index contributed by atoms with van der Waals surface area (Å²) in [5.41, 5.74) is 0.985. The van der Waals surface area contributed by atoms with Gasteiger partial charge in [-0.1, -0.05) is 17.7 Å². The Labute approximate surface area is 175 Å². The number of thioether (sulfide) groups is 1. The molecule has 1 aliphatic heterocycles. The van der Waals surface area contributed by atoms with Gasteiger partial charge in [-0.15, -0.1) is 11.8 Å². The molecule has 1 heterocycles. The van der Waals surface area contributed by atoms with Crippen LogP contribution >= 0.6 is 23.4 Å². The van der Waals surface area contributed by atoms with Crippen molar-refractivity contribution in [3.05, 3.63) is 28.8 Å². The summed E-state index contributed by atoms with van der Waals surface area (Å²) in [4.78, 5) is 39.3. The van der Waals surface area contributed by atoms with Crippen molar-refractivity contribution < 1.29 is 19.1 Å². The quantitative estimate of drug-likeness (QED) is 0.535. The second-order valence-corrected chi connectivity index (χ2v) is 8.35. The van der Waals surface area contributed by atoms with Crippen molar-refractivity contribution in [2.24, 2.45) is 5.92 Å². The maximum absolute atomic E-state index is 13.0. The van der Waals surface area contributed by atoms with E-state index < -0.39 is 6.04 Å². The summed E-state index contributed by atoms with van der Waals surface area (Å²) in [5.74, 6) is -0.619. The summed E-state index contributed by atoms with van der Waals surface area (Å²) >= 11 is 7.63. The predicted octanol–water partition coefficient (Wildman–Crippen LogP) is 3.05. The van der Waals surface area contributed by atoms with Crippen LogP contribution in [0, 0.1) is 12.8 Å². The van der Waals surface area contributed by atoms with Gasteiger partial charge >= 0.3 is 5.97 Å². The van der Waals surface area contributed by atoms with Gasteiger partial charge in [0.1, 0.15) is 6.04 Å². The van der Waals surface area contributed by atoms with Gasteiger partial charge in [0.2, 0.25) is 11.8 Å². The Morgan fingerprint density at radius 1 is 1.39 bits per heavy atom. The van der Waals surface area contributed by atoms with E-state index in [2.05, 4.69) is 5.32 Å². The van der Waals surface area contributed by atoms with Crippen molar-refractivity contribution in [2.75, 3.05) is 25.4 Å². The number of benzene rings is 1. The Hall–Kier alpha value is -1.73. The van der Waals surface area contributed by atoms with Crippen molar-refractivity contribution in [1.29, 1.82) is 0 Å². The largest absolute Gasteiger partial charge is 0.466 e. The molecule has 2 unspecified atom stereocenters. The summed E-state index contributed by atoms with van der Waals surface area (Å²) in [6, 6.07) is 5.06. The van der Waals surface area contributed by atoms with Crippen LogP contribution < -0.4 is 5.32 Å². The minimum atomic E-state index is -0.663. The Balaban J connectivity index is 2.04. The van der Waals surface area contributed by atoms with Crippen LogP contribution in [0.3, 0.4) is 0 Å². The summed E-state index contributed by atoms with van der Waals surface area (Å²) in [6.45, 7) is 6.32. The maximum atomic E-state index is 13.0. The molecule has 0 aromatic heterocycles. The van der Waals surface area contributed by atoms with E-state index in [1.54, 1.807) is 11.8 Å². The van der Waals surface area contributed by atoms with Gasteiger partial charge in [0.25, 0.3) is 0 Å². The Bertz CT molecular complexity index is 728. The molecule has 1 N–H and O–H groups in total. The normalized spacial score (nSPS) is 17.7. The SMILES string of the molecule is CCOC(=O)C1CCCN(C(=O)C(CSc2ccc(C)c(Cl)c2)NC(C)=O)C1. The van der Waals surface area contributed by atoms with Gasteiger partial charge in [0.15, 0.2) is 0 Å². The van der Waals surface area contributed by atoms with Crippen LogP contribution in [0.4, 0.5) is 0 Å². The number of aryl methyl sites for hydroxylation is 1. The number of piperidine rings is 1. The first kappa shape index (κ1) is 22.6. The smallest absolute Gasteiger partial charge is 0.310 e. The highest BCUT2D eigenvalue weighted by Crippen LogP contribution is 2.26. The number of amides is 2. The fraction of sp³-hybridized carbons (Fsp3) is 0.550. The molecule has 0 spiro atoms. The van der Waals surface area contributed by atoms with Crippen molar-refractivity contribution >= 4 is 41.1 Å². The highest BCUT2D eigenvalue weighted by atomic mass is 35.5. The third kappa shape index (κ3) is 6.41. The van der Waals surface area contributed by atoms with Gasteiger partial charge in [-0.2, -0.15) is 0 Å². The van der Waals surface area contributed by atoms with Gasteiger partial charge in [0.05, 0.1) is 12.5 Å².